The van der Waals surface area contributed by atoms with Crippen molar-refractivity contribution in [3.8, 4) is 0 Å². The number of ether oxygens (including phenoxy) is 1. The van der Waals surface area contributed by atoms with Gasteiger partial charge in [0, 0.05) is 38.9 Å². The minimum Gasteiger partial charge on any atom is -0.469 e. The van der Waals surface area contributed by atoms with E-state index in [1.807, 2.05) is 29.9 Å². The number of rotatable bonds is 5. The molecular weight excluding hydrogens is 296 g/mol. The summed E-state index contributed by atoms with van der Waals surface area (Å²) >= 11 is 0. The van der Waals surface area contributed by atoms with Gasteiger partial charge in [-0.3, -0.25) is 0 Å². The molecule has 4 heterocycles. The molecule has 1 aliphatic heterocycles. The van der Waals surface area contributed by atoms with E-state index in [0.29, 0.717) is 24.7 Å². The van der Waals surface area contributed by atoms with Crippen molar-refractivity contribution in [2.24, 2.45) is 7.05 Å². The van der Waals surface area contributed by atoms with E-state index in [0.717, 1.165) is 24.4 Å². The number of furan rings is 1. The van der Waals surface area contributed by atoms with E-state index in [-0.39, 0.29) is 12.0 Å². The van der Waals surface area contributed by atoms with E-state index >= 15 is 0 Å². The van der Waals surface area contributed by atoms with Gasteiger partial charge in [-0.15, -0.1) is 0 Å². The Kier molecular flexibility index (Phi) is 3.70. The summed E-state index contributed by atoms with van der Waals surface area (Å²) in [6.07, 6.45) is 7.54. The van der Waals surface area contributed by atoms with E-state index in [4.69, 9.17) is 13.7 Å². The van der Waals surface area contributed by atoms with E-state index in [9.17, 15) is 0 Å². The maximum Gasteiger partial charge on any atom is 0.232 e. The minimum absolute atomic E-state index is 0.0564. The molecule has 0 spiro atoms. The highest BCUT2D eigenvalue weighted by atomic mass is 16.5. The molecule has 2 atom stereocenters. The molecule has 0 aromatic carbocycles. The van der Waals surface area contributed by atoms with Gasteiger partial charge >= 0.3 is 0 Å². The number of nitrogens with zero attached hydrogens (tertiary/aromatic N) is 4. The average molecular weight is 314 g/mol. The van der Waals surface area contributed by atoms with Crippen LogP contribution in [0, 0.1) is 0 Å². The zero-order chi connectivity index (χ0) is 15.6. The molecule has 4 rings (SSSR count). The van der Waals surface area contributed by atoms with Crippen LogP contribution in [0.15, 0.2) is 39.7 Å². The molecule has 1 fully saturated rings. The van der Waals surface area contributed by atoms with Crippen molar-refractivity contribution in [1.29, 1.82) is 0 Å². The van der Waals surface area contributed by atoms with Crippen molar-refractivity contribution in [3.05, 3.63) is 54.1 Å². The third-order valence-electron chi connectivity index (χ3n) is 4.18. The highest BCUT2D eigenvalue weighted by Gasteiger charge is 2.37. The molecule has 7 heteroatoms. The first-order valence-corrected chi connectivity index (χ1v) is 7.75. The fourth-order valence-electron chi connectivity index (χ4n) is 2.96. The summed E-state index contributed by atoms with van der Waals surface area (Å²) in [6.45, 7) is 0.673. The van der Waals surface area contributed by atoms with Crippen molar-refractivity contribution >= 4 is 0 Å². The van der Waals surface area contributed by atoms with Crippen LogP contribution in [0.4, 0.5) is 0 Å². The van der Waals surface area contributed by atoms with E-state index in [1.54, 1.807) is 12.5 Å². The minimum atomic E-state index is -0.131. The second-order valence-corrected chi connectivity index (χ2v) is 5.71. The van der Waals surface area contributed by atoms with Crippen LogP contribution in [0.2, 0.25) is 0 Å². The van der Waals surface area contributed by atoms with Crippen molar-refractivity contribution in [2.75, 3.05) is 6.61 Å². The molecule has 1 saturated heterocycles. The third-order valence-corrected chi connectivity index (χ3v) is 4.18. The Morgan fingerprint density at radius 2 is 2.30 bits per heavy atom. The van der Waals surface area contributed by atoms with Crippen LogP contribution < -0.4 is 0 Å². The predicted molar refractivity (Wildman–Crippen MR) is 79.7 cm³/mol. The molecule has 3 aromatic rings. The van der Waals surface area contributed by atoms with Crippen molar-refractivity contribution in [1.82, 2.24) is 19.7 Å². The molecule has 0 bridgehead atoms. The van der Waals surface area contributed by atoms with Crippen molar-refractivity contribution < 1.29 is 13.7 Å². The molecule has 120 valence electrons. The van der Waals surface area contributed by atoms with Crippen molar-refractivity contribution in [2.45, 2.75) is 31.3 Å². The maximum absolute atomic E-state index is 5.85. The highest BCUT2D eigenvalue weighted by Crippen LogP contribution is 2.40. The lowest BCUT2D eigenvalue weighted by Gasteiger charge is -2.14. The Balaban J connectivity index is 1.48. The molecular formula is C16H18N4O3. The average Bonchev–Trinajstić information content (AvgIpc) is 3.32. The molecule has 23 heavy (non-hydrogen) atoms. The Bertz CT molecular complexity index is 762. The topological polar surface area (TPSA) is 79.1 Å². The smallest absolute Gasteiger partial charge is 0.232 e. The van der Waals surface area contributed by atoms with Gasteiger partial charge in [-0.1, -0.05) is 5.16 Å². The number of imidazole rings is 1. The van der Waals surface area contributed by atoms with Gasteiger partial charge in [0.15, 0.2) is 5.82 Å². The molecule has 0 radical (unpaired) electrons. The maximum atomic E-state index is 5.85. The Morgan fingerprint density at radius 3 is 3.09 bits per heavy atom. The molecule has 3 aromatic heterocycles. The largest absolute Gasteiger partial charge is 0.469 e. The number of aromatic nitrogens is 4. The zero-order valence-corrected chi connectivity index (χ0v) is 12.9. The van der Waals surface area contributed by atoms with Gasteiger partial charge in [0.1, 0.15) is 17.7 Å². The Labute approximate surface area is 133 Å². The molecule has 1 aliphatic rings. The third kappa shape index (κ3) is 2.79. The first kappa shape index (κ1) is 14.2. The molecule has 0 saturated carbocycles. The van der Waals surface area contributed by atoms with Crippen LogP contribution >= 0.6 is 0 Å². The van der Waals surface area contributed by atoms with E-state index in [1.165, 1.54) is 0 Å². The zero-order valence-electron chi connectivity index (χ0n) is 12.9. The van der Waals surface area contributed by atoms with Gasteiger partial charge in [-0.25, -0.2) is 4.98 Å². The van der Waals surface area contributed by atoms with Gasteiger partial charge in [0.25, 0.3) is 0 Å². The molecule has 0 amide bonds. The highest BCUT2D eigenvalue weighted by molar-refractivity contribution is 5.09. The summed E-state index contributed by atoms with van der Waals surface area (Å²) in [5.41, 5.74) is 0. The van der Waals surface area contributed by atoms with Gasteiger partial charge in [-0.05, 0) is 18.6 Å². The lowest BCUT2D eigenvalue weighted by molar-refractivity contribution is 0.0895. The summed E-state index contributed by atoms with van der Waals surface area (Å²) in [7, 11) is 1.96. The van der Waals surface area contributed by atoms with Gasteiger partial charge in [0.05, 0.1) is 12.2 Å². The van der Waals surface area contributed by atoms with Crippen LogP contribution in [0.3, 0.4) is 0 Å². The lowest BCUT2D eigenvalue weighted by Crippen LogP contribution is -2.11. The predicted octanol–water partition coefficient (Wildman–Crippen LogP) is 2.43. The first-order chi connectivity index (χ1) is 11.3. The van der Waals surface area contributed by atoms with Crippen molar-refractivity contribution in [3.63, 3.8) is 0 Å². The SMILES string of the molecule is Cn1ccnc1[C@@H]1OCC[C@H]1c1nc(CCc2ccco2)no1. The number of hydrogen-bond acceptors (Lipinski definition) is 6. The molecule has 0 unspecified atom stereocenters. The number of hydrogen-bond donors (Lipinski definition) is 0. The quantitative estimate of drug-likeness (QED) is 0.719. The standard InChI is InChI=1S/C16H18N4O3/c1-20-8-7-17-15(20)14-12(6-10-22-14)16-18-13(19-23-16)5-4-11-3-2-9-21-11/h2-3,7-9,12,14H,4-6,10H2,1H3/t12-,14-/m1/s1. The van der Waals surface area contributed by atoms with Gasteiger partial charge in [0.2, 0.25) is 5.89 Å². The normalized spacial score (nSPS) is 21.1. The van der Waals surface area contributed by atoms with Gasteiger partial charge in [-0.2, -0.15) is 4.98 Å². The summed E-state index contributed by atoms with van der Waals surface area (Å²) in [5.74, 6) is 3.20. The molecule has 7 nitrogen and oxygen atoms in total. The second-order valence-electron chi connectivity index (χ2n) is 5.71. The molecule has 0 aliphatic carbocycles. The number of aryl methyl sites for hydroxylation is 3. The van der Waals surface area contributed by atoms with Crippen LogP contribution in [0.25, 0.3) is 0 Å². The van der Waals surface area contributed by atoms with Gasteiger partial charge < -0.3 is 18.2 Å². The first-order valence-electron chi connectivity index (χ1n) is 7.75. The fourth-order valence-corrected chi connectivity index (χ4v) is 2.96. The monoisotopic (exact) mass is 314 g/mol. The van der Waals surface area contributed by atoms with Crippen LogP contribution in [0.1, 0.15) is 41.7 Å². The van der Waals surface area contributed by atoms with Crippen LogP contribution in [0.5, 0.6) is 0 Å². The fraction of sp³-hybridized carbons (Fsp3) is 0.438. The Hall–Kier alpha value is -2.41. The summed E-state index contributed by atoms with van der Waals surface area (Å²) in [6, 6.07) is 3.83. The van der Waals surface area contributed by atoms with Crippen LogP contribution in [-0.4, -0.2) is 26.3 Å². The molecule has 0 N–H and O–H groups in total. The summed E-state index contributed by atoms with van der Waals surface area (Å²) in [4.78, 5) is 8.93. The summed E-state index contributed by atoms with van der Waals surface area (Å²) < 4.78 is 18.6. The van der Waals surface area contributed by atoms with E-state index < -0.39 is 0 Å². The van der Waals surface area contributed by atoms with Crippen LogP contribution in [-0.2, 0) is 24.6 Å². The second kappa shape index (κ2) is 6.00. The lowest BCUT2D eigenvalue weighted by atomic mass is 10.0. The Morgan fingerprint density at radius 1 is 1.35 bits per heavy atom. The van der Waals surface area contributed by atoms with E-state index in [2.05, 4.69) is 15.1 Å². The summed E-state index contributed by atoms with van der Waals surface area (Å²) in [5, 5.41) is 4.09.